The first-order chi connectivity index (χ1) is 19.9. The van der Waals surface area contributed by atoms with E-state index < -0.39 is 16.1 Å². The number of nitrogens with one attached hydrogen (secondary N) is 1. The summed E-state index contributed by atoms with van der Waals surface area (Å²) < 4.78 is 34.2. The Balaban J connectivity index is 1.54. The van der Waals surface area contributed by atoms with Gasteiger partial charge in [0.1, 0.15) is 5.75 Å². The van der Waals surface area contributed by atoms with E-state index >= 15 is 0 Å². The maximum absolute atomic E-state index is 13.8. The number of fused-ring (bicyclic) bond motifs is 1. The number of nitrogens with two attached hydrogens (primary N) is 1. The second-order valence-electron chi connectivity index (χ2n) is 12.9. The Hall–Kier alpha value is -2.66. The maximum atomic E-state index is 13.8. The van der Waals surface area contributed by atoms with Crippen LogP contribution in [0.15, 0.2) is 53.4 Å². The SMILES string of the molecule is COc1ccc(S(=O)(=O)N(CCc2cccc(N)c2)C[C@H](O)CN2C[C@H]3CCCC[C@H]3C[C@H]2C(=O)NC(C)(C)C)cc1. The lowest BCUT2D eigenvalue weighted by Gasteiger charge is -2.46. The van der Waals surface area contributed by atoms with E-state index in [2.05, 4.69) is 10.2 Å². The molecule has 42 heavy (non-hydrogen) atoms. The van der Waals surface area contributed by atoms with E-state index in [1.54, 1.807) is 18.2 Å². The summed E-state index contributed by atoms with van der Waals surface area (Å²) in [6, 6.07) is 13.3. The molecule has 1 saturated heterocycles. The summed E-state index contributed by atoms with van der Waals surface area (Å²) in [6.45, 7) is 6.95. The van der Waals surface area contributed by atoms with E-state index in [0.29, 0.717) is 29.7 Å². The molecule has 4 atom stereocenters. The molecular weight excluding hydrogens is 552 g/mol. The molecule has 0 spiro atoms. The van der Waals surface area contributed by atoms with Crippen molar-refractivity contribution in [3.63, 3.8) is 0 Å². The highest BCUT2D eigenvalue weighted by molar-refractivity contribution is 7.89. The van der Waals surface area contributed by atoms with Crippen molar-refractivity contribution in [2.45, 2.75) is 81.9 Å². The third-order valence-corrected chi connectivity index (χ3v) is 10.3. The van der Waals surface area contributed by atoms with Crippen LogP contribution in [0.1, 0.15) is 58.4 Å². The Morgan fingerprint density at radius 2 is 1.83 bits per heavy atom. The highest BCUT2D eigenvalue weighted by atomic mass is 32.2. The minimum atomic E-state index is -3.93. The van der Waals surface area contributed by atoms with Crippen molar-refractivity contribution in [3.8, 4) is 5.75 Å². The second kappa shape index (κ2) is 13.8. The average molecular weight is 601 g/mol. The van der Waals surface area contributed by atoms with Crippen LogP contribution in [0.5, 0.6) is 5.75 Å². The summed E-state index contributed by atoms with van der Waals surface area (Å²) in [4.78, 5) is 15.6. The van der Waals surface area contributed by atoms with Gasteiger partial charge in [-0.15, -0.1) is 0 Å². The van der Waals surface area contributed by atoms with E-state index in [0.717, 1.165) is 31.4 Å². The summed E-state index contributed by atoms with van der Waals surface area (Å²) in [5.41, 5.74) is 7.12. The number of carbonyl (C=O) groups excluding carboxylic acids is 1. The van der Waals surface area contributed by atoms with Crippen molar-refractivity contribution < 1.29 is 23.1 Å². The normalized spacial score (nSPS) is 22.4. The Bertz CT molecular complexity index is 1290. The fraction of sp³-hybridized carbons (Fsp3) is 0.594. The number of hydrogen-bond acceptors (Lipinski definition) is 7. The number of rotatable bonds is 11. The van der Waals surface area contributed by atoms with Gasteiger partial charge in [-0.3, -0.25) is 9.69 Å². The monoisotopic (exact) mass is 600 g/mol. The number of aliphatic hydroxyl groups excluding tert-OH is 1. The van der Waals surface area contributed by atoms with Crippen molar-refractivity contribution in [3.05, 3.63) is 54.1 Å². The summed E-state index contributed by atoms with van der Waals surface area (Å²) in [6.07, 6.45) is 4.88. The molecule has 4 N–H and O–H groups in total. The Kier molecular flexibility index (Phi) is 10.6. The number of ether oxygens (including phenoxy) is 1. The van der Waals surface area contributed by atoms with Gasteiger partial charge in [-0.25, -0.2) is 8.42 Å². The lowest BCUT2D eigenvalue weighted by Crippen LogP contribution is -2.59. The summed E-state index contributed by atoms with van der Waals surface area (Å²) in [5, 5.41) is 14.6. The van der Waals surface area contributed by atoms with E-state index in [4.69, 9.17) is 10.5 Å². The molecule has 232 valence electrons. The fourth-order valence-electron chi connectivity index (χ4n) is 6.40. The van der Waals surface area contributed by atoms with Crippen LogP contribution in [0, 0.1) is 11.8 Å². The lowest BCUT2D eigenvalue weighted by molar-refractivity contribution is -0.132. The molecule has 0 bridgehead atoms. The zero-order valence-corrected chi connectivity index (χ0v) is 26.3. The van der Waals surface area contributed by atoms with Gasteiger partial charge in [0.25, 0.3) is 0 Å². The first kappa shape index (κ1) is 32.3. The second-order valence-corrected chi connectivity index (χ2v) is 14.9. The largest absolute Gasteiger partial charge is 0.497 e. The molecule has 2 fully saturated rings. The molecule has 1 aliphatic heterocycles. The van der Waals surface area contributed by atoms with Gasteiger partial charge >= 0.3 is 0 Å². The van der Waals surface area contributed by atoms with E-state index in [9.17, 15) is 18.3 Å². The molecule has 9 nitrogen and oxygen atoms in total. The molecule has 1 aliphatic carbocycles. The number of sulfonamides is 1. The number of hydrogen-bond donors (Lipinski definition) is 3. The molecule has 0 radical (unpaired) electrons. The lowest BCUT2D eigenvalue weighted by atomic mass is 9.72. The summed E-state index contributed by atoms with van der Waals surface area (Å²) in [7, 11) is -2.40. The molecule has 1 saturated carbocycles. The van der Waals surface area contributed by atoms with Gasteiger partial charge < -0.3 is 20.9 Å². The van der Waals surface area contributed by atoms with Crippen LogP contribution in [0.25, 0.3) is 0 Å². The standard InChI is InChI=1S/C32H48N4O5S/c1-32(2,3)34-31(38)30-19-24-9-5-6-10-25(24)20-35(30)21-27(37)22-36(17-16-23-8-7-11-26(33)18-23)42(39,40)29-14-12-28(41-4)13-15-29/h7-8,11-15,18,24-25,27,30,37H,5-6,9-10,16-17,19-22,33H2,1-4H3,(H,34,38)/t24-,25+,27+,30-/m0/s1. The van der Waals surface area contributed by atoms with Crippen LogP contribution in [-0.4, -0.2) is 79.6 Å². The van der Waals surface area contributed by atoms with Crippen LogP contribution in [0.4, 0.5) is 5.69 Å². The number of amides is 1. The van der Waals surface area contributed by atoms with E-state index in [-0.39, 0.29) is 42.0 Å². The van der Waals surface area contributed by atoms with Crippen molar-refractivity contribution in [1.82, 2.24) is 14.5 Å². The molecule has 10 heteroatoms. The van der Waals surface area contributed by atoms with Crippen LogP contribution < -0.4 is 15.8 Å². The first-order valence-corrected chi connectivity index (χ1v) is 16.5. The van der Waals surface area contributed by atoms with Crippen LogP contribution in [0.3, 0.4) is 0 Å². The van der Waals surface area contributed by atoms with Crippen LogP contribution >= 0.6 is 0 Å². The predicted molar refractivity (Wildman–Crippen MR) is 166 cm³/mol. The molecule has 0 aromatic heterocycles. The highest BCUT2D eigenvalue weighted by Gasteiger charge is 2.41. The number of methoxy groups -OCH3 is 1. The minimum absolute atomic E-state index is 0.0249. The minimum Gasteiger partial charge on any atom is -0.497 e. The molecule has 0 unspecified atom stereocenters. The highest BCUT2D eigenvalue weighted by Crippen LogP contribution is 2.39. The predicted octanol–water partition coefficient (Wildman–Crippen LogP) is 3.67. The molecule has 1 heterocycles. The molecule has 2 aliphatic rings. The Labute approximate surface area is 251 Å². The average Bonchev–Trinajstić information content (AvgIpc) is 2.94. The Morgan fingerprint density at radius 1 is 1.14 bits per heavy atom. The third-order valence-electron chi connectivity index (χ3n) is 8.46. The number of carbonyl (C=O) groups is 1. The van der Waals surface area contributed by atoms with Gasteiger partial charge in [0.2, 0.25) is 15.9 Å². The number of piperidine rings is 1. The third kappa shape index (κ3) is 8.46. The van der Waals surface area contributed by atoms with Crippen molar-refractivity contribution in [1.29, 1.82) is 0 Å². The fourth-order valence-corrected chi connectivity index (χ4v) is 7.88. The number of anilines is 1. The van der Waals surface area contributed by atoms with Crippen molar-refractivity contribution in [2.24, 2.45) is 11.8 Å². The topological polar surface area (TPSA) is 125 Å². The van der Waals surface area contributed by atoms with Gasteiger partial charge in [0.15, 0.2) is 0 Å². The molecule has 2 aromatic carbocycles. The van der Waals surface area contributed by atoms with Crippen LogP contribution in [-0.2, 0) is 21.2 Å². The van der Waals surface area contributed by atoms with Gasteiger partial charge in [-0.2, -0.15) is 4.31 Å². The van der Waals surface area contributed by atoms with E-state index in [1.807, 2.05) is 39.0 Å². The number of benzene rings is 2. The molecule has 1 amide bonds. The molecule has 4 rings (SSSR count). The van der Waals surface area contributed by atoms with Gasteiger partial charge in [-0.05, 0) is 93.8 Å². The summed E-state index contributed by atoms with van der Waals surface area (Å²) >= 11 is 0. The first-order valence-electron chi connectivity index (χ1n) is 15.1. The smallest absolute Gasteiger partial charge is 0.243 e. The number of likely N-dealkylation sites (tertiary alicyclic amines) is 1. The van der Waals surface area contributed by atoms with Gasteiger partial charge in [-0.1, -0.05) is 31.4 Å². The number of nitrogen functional groups attached to an aromatic ring is 1. The number of aliphatic hydroxyl groups is 1. The zero-order valence-electron chi connectivity index (χ0n) is 25.5. The van der Waals surface area contributed by atoms with E-state index in [1.165, 1.54) is 36.4 Å². The summed E-state index contributed by atoms with van der Waals surface area (Å²) in [5.74, 6) is 1.54. The van der Waals surface area contributed by atoms with Gasteiger partial charge in [0, 0.05) is 37.4 Å². The van der Waals surface area contributed by atoms with Gasteiger partial charge in [0.05, 0.1) is 24.2 Å². The number of β-amino-alcohol motifs (C(OH)–C–C–N with tert-alkyl or cyclic N) is 1. The van der Waals surface area contributed by atoms with Crippen LogP contribution in [0.2, 0.25) is 0 Å². The maximum Gasteiger partial charge on any atom is 0.243 e. The number of nitrogens with zero attached hydrogens (tertiary/aromatic N) is 2. The van der Waals surface area contributed by atoms with Crippen molar-refractivity contribution in [2.75, 3.05) is 39.0 Å². The molecule has 2 aromatic rings. The molecular formula is C32H48N4O5S. The Morgan fingerprint density at radius 3 is 2.48 bits per heavy atom. The zero-order chi connectivity index (χ0) is 30.5. The van der Waals surface area contributed by atoms with Crippen molar-refractivity contribution >= 4 is 21.6 Å². The quantitative estimate of drug-likeness (QED) is 0.336.